The molecule has 14 heavy (non-hydrogen) atoms. The number of benzene rings is 1. The van der Waals surface area contributed by atoms with Crippen LogP contribution in [0.3, 0.4) is 0 Å². The third kappa shape index (κ3) is 3.02. The van der Waals surface area contributed by atoms with Gasteiger partial charge in [-0.1, -0.05) is 41.4 Å². The number of hydrogen-bond acceptors (Lipinski definition) is 1. The molecular weight excluding hydrogens is 217 g/mol. The van der Waals surface area contributed by atoms with Gasteiger partial charge in [-0.2, -0.15) is 0 Å². The Morgan fingerprint density at radius 1 is 1.50 bits per heavy atom. The Morgan fingerprint density at radius 3 is 2.64 bits per heavy atom. The molecule has 0 saturated heterocycles. The second kappa shape index (κ2) is 4.83. The quantitative estimate of drug-likeness (QED) is 0.791. The summed E-state index contributed by atoms with van der Waals surface area (Å²) in [4.78, 5) is 0. The third-order valence-electron chi connectivity index (χ3n) is 2.09. The minimum Gasteiger partial charge on any atom is -0.324 e. The molecule has 0 spiro atoms. The molecule has 0 heterocycles. The predicted molar refractivity (Wildman–Crippen MR) is 63.0 cm³/mol. The third-order valence-corrected chi connectivity index (χ3v) is 2.67. The van der Waals surface area contributed by atoms with Crippen LogP contribution in [0.1, 0.15) is 12.5 Å². The largest absolute Gasteiger partial charge is 0.324 e. The number of hydrogen-bond donors (Lipinski definition) is 1. The highest BCUT2D eigenvalue weighted by molar-refractivity contribution is 6.35. The summed E-state index contributed by atoms with van der Waals surface area (Å²) < 4.78 is 0. The van der Waals surface area contributed by atoms with Crippen LogP contribution < -0.4 is 5.73 Å². The molecular formula is C11H13Cl2N. The van der Waals surface area contributed by atoms with E-state index in [1.54, 1.807) is 6.07 Å². The summed E-state index contributed by atoms with van der Waals surface area (Å²) in [6.07, 6.45) is 0.700. The molecule has 1 aromatic rings. The Balaban J connectivity index is 2.82. The minimum absolute atomic E-state index is 0.0475. The van der Waals surface area contributed by atoms with Crippen LogP contribution in [0.25, 0.3) is 0 Å². The van der Waals surface area contributed by atoms with Gasteiger partial charge in [0.15, 0.2) is 0 Å². The van der Waals surface area contributed by atoms with Crippen LogP contribution in [0.2, 0.25) is 10.0 Å². The maximum Gasteiger partial charge on any atom is 0.0453 e. The standard InChI is InChI=1S/C11H13Cl2N/c1-7(2)11(14)5-8-3-4-9(12)6-10(8)13/h3-4,6,11H,1,5,14H2,2H3. The minimum atomic E-state index is -0.0475. The molecule has 1 nitrogen and oxygen atoms in total. The molecule has 1 unspecified atom stereocenters. The summed E-state index contributed by atoms with van der Waals surface area (Å²) in [5.74, 6) is 0. The molecule has 1 aromatic carbocycles. The summed E-state index contributed by atoms with van der Waals surface area (Å²) in [6, 6.07) is 5.39. The Labute approximate surface area is 94.5 Å². The first-order valence-electron chi connectivity index (χ1n) is 4.35. The zero-order chi connectivity index (χ0) is 10.7. The fraction of sp³-hybridized carbons (Fsp3) is 0.273. The van der Waals surface area contributed by atoms with Crippen molar-refractivity contribution in [3.05, 3.63) is 46.0 Å². The molecule has 0 amide bonds. The lowest BCUT2D eigenvalue weighted by molar-refractivity contribution is 0.767. The van der Waals surface area contributed by atoms with E-state index < -0.39 is 0 Å². The highest BCUT2D eigenvalue weighted by Crippen LogP contribution is 2.22. The Hall–Kier alpha value is -0.500. The van der Waals surface area contributed by atoms with Crippen molar-refractivity contribution in [3.63, 3.8) is 0 Å². The highest BCUT2D eigenvalue weighted by atomic mass is 35.5. The molecule has 0 saturated carbocycles. The molecule has 0 aliphatic heterocycles. The fourth-order valence-electron chi connectivity index (χ4n) is 1.10. The van der Waals surface area contributed by atoms with E-state index in [1.165, 1.54) is 0 Å². The summed E-state index contributed by atoms with van der Waals surface area (Å²) in [5.41, 5.74) is 7.83. The van der Waals surface area contributed by atoms with Gasteiger partial charge in [0, 0.05) is 16.1 Å². The molecule has 1 rings (SSSR count). The van der Waals surface area contributed by atoms with E-state index in [4.69, 9.17) is 28.9 Å². The van der Waals surface area contributed by atoms with Crippen LogP contribution in [0.15, 0.2) is 30.4 Å². The summed E-state index contributed by atoms with van der Waals surface area (Å²) in [7, 11) is 0. The zero-order valence-corrected chi connectivity index (χ0v) is 9.57. The van der Waals surface area contributed by atoms with E-state index >= 15 is 0 Å². The van der Waals surface area contributed by atoms with Gasteiger partial charge in [-0.3, -0.25) is 0 Å². The van der Waals surface area contributed by atoms with Gasteiger partial charge in [0.2, 0.25) is 0 Å². The molecule has 0 bridgehead atoms. The van der Waals surface area contributed by atoms with E-state index in [9.17, 15) is 0 Å². The van der Waals surface area contributed by atoms with Gasteiger partial charge in [-0.05, 0) is 31.0 Å². The monoisotopic (exact) mass is 229 g/mol. The van der Waals surface area contributed by atoms with E-state index in [1.807, 2.05) is 19.1 Å². The van der Waals surface area contributed by atoms with Gasteiger partial charge >= 0.3 is 0 Å². The maximum atomic E-state index is 6.01. The summed E-state index contributed by atoms with van der Waals surface area (Å²) in [6.45, 7) is 5.72. The van der Waals surface area contributed by atoms with Crippen LogP contribution in [0.4, 0.5) is 0 Å². The topological polar surface area (TPSA) is 26.0 Å². The molecule has 0 fully saturated rings. The van der Waals surface area contributed by atoms with Gasteiger partial charge in [0.25, 0.3) is 0 Å². The molecule has 76 valence electrons. The van der Waals surface area contributed by atoms with E-state index in [-0.39, 0.29) is 6.04 Å². The number of nitrogens with two attached hydrogens (primary N) is 1. The number of halogens is 2. The van der Waals surface area contributed by atoms with Crippen LogP contribution in [0, 0.1) is 0 Å². The SMILES string of the molecule is C=C(C)C(N)Cc1ccc(Cl)cc1Cl. The van der Waals surface area contributed by atoms with Crippen LogP contribution in [-0.4, -0.2) is 6.04 Å². The average molecular weight is 230 g/mol. The van der Waals surface area contributed by atoms with Gasteiger partial charge < -0.3 is 5.73 Å². The van der Waals surface area contributed by atoms with E-state index in [2.05, 4.69) is 6.58 Å². The molecule has 0 aliphatic rings. The van der Waals surface area contributed by atoms with Crippen LogP contribution in [0.5, 0.6) is 0 Å². The molecule has 3 heteroatoms. The second-order valence-corrected chi connectivity index (χ2v) is 4.24. The predicted octanol–water partition coefficient (Wildman–Crippen LogP) is 3.44. The molecule has 0 aliphatic carbocycles. The van der Waals surface area contributed by atoms with Crippen molar-refractivity contribution in [2.45, 2.75) is 19.4 Å². The lowest BCUT2D eigenvalue weighted by atomic mass is 10.0. The first-order chi connectivity index (χ1) is 6.50. The van der Waals surface area contributed by atoms with Gasteiger partial charge in [0.05, 0.1) is 0 Å². The zero-order valence-electron chi connectivity index (χ0n) is 8.06. The fourth-order valence-corrected chi connectivity index (χ4v) is 1.58. The average Bonchev–Trinajstić information content (AvgIpc) is 2.09. The van der Waals surface area contributed by atoms with Gasteiger partial charge in [-0.15, -0.1) is 0 Å². The lowest BCUT2D eigenvalue weighted by Crippen LogP contribution is -2.23. The molecule has 0 aromatic heterocycles. The first kappa shape index (κ1) is 11.6. The first-order valence-corrected chi connectivity index (χ1v) is 5.11. The summed E-state index contributed by atoms with van der Waals surface area (Å²) >= 11 is 11.8. The number of rotatable bonds is 3. The maximum absolute atomic E-state index is 6.01. The second-order valence-electron chi connectivity index (χ2n) is 3.39. The van der Waals surface area contributed by atoms with Gasteiger partial charge in [-0.25, -0.2) is 0 Å². The smallest absolute Gasteiger partial charge is 0.0453 e. The van der Waals surface area contributed by atoms with Crippen LogP contribution >= 0.6 is 23.2 Å². The Bertz CT molecular complexity index is 347. The highest BCUT2D eigenvalue weighted by Gasteiger charge is 2.07. The van der Waals surface area contributed by atoms with Crippen LogP contribution in [-0.2, 0) is 6.42 Å². The van der Waals surface area contributed by atoms with Crippen molar-refractivity contribution < 1.29 is 0 Å². The summed E-state index contributed by atoms with van der Waals surface area (Å²) in [5, 5.41) is 1.30. The molecule has 0 radical (unpaired) electrons. The normalized spacial score (nSPS) is 12.6. The van der Waals surface area contributed by atoms with E-state index in [0.717, 1.165) is 11.1 Å². The van der Waals surface area contributed by atoms with Crippen molar-refractivity contribution in [2.24, 2.45) is 5.73 Å². The van der Waals surface area contributed by atoms with Crippen molar-refractivity contribution >= 4 is 23.2 Å². The Morgan fingerprint density at radius 2 is 2.14 bits per heavy atom. The van der Waals surface area contributed by atoms with Crippen molar-refractivity contribution in [1.82, 2.24) is 0 Å². The van der Waals surface area contributed by atoms with Gasteiger partial charge in [0.1, 0.15) is 0 Å². The van der Waals surface area contributed by atoms with E-state index in [0.29, 0.717) is 16.5 Å². The van der Waals surface area contributed by atoms with Crippen molar-refractivity contribution in [2.75, 3.05) is 0 Å². The Kier molecular flexibility index (Phi) is 3.99. The van der Waals surface area contributed by atoms with Crippen molar-refractivity contribution in [1.29, 1.82) is 0 Å². The van der Waals surface area contributed by atoms with Crippen molar-refractivity contribution in [3.8, 4) is 0 Å². The molecule has 2 N–H and O–H groups in total. The lowest BCUT2D eigenvalue weighted by Gasteiger charge is -2.12. The molecule has 1 atom stereocenters.